The molecule has 1 aliphatic rings. The summed E-state index contributed by atoms with van der Waals surface area (Å²) in [5.74, 6) is 0.902. The number of methoxy groups -OCH3 is 1. The number of nitrogens with one attached hydrogen (secondary N) is 1. The molecule has 1 aromatic carbocycles. The second-order valence-corrected chi connectivity index (χ2v) is 5.07. The van der Waals surface area contributed by atoms with Gasteiger partial charge in [0.25, 0.3) is 0 Å². The Morgan fingerprint density at radius 2 is 2.16 bits per heavy atom. The molecule has 4 heteroatoms. The smallest absolute Gasteiger partial charge is 0.230 e. The minimum Gasteiger partial charge on any atom is -0.497 e. The second-order valence-electron chi connectivity index (χ2n) is 5.07. The van der Waals surface area contributed by atoms with Crippen LogP contribution in [0.2, 0.25) is 0 Å². The van der Waals surface area contributed by atoms with E-state index in [9.17, 15) is 4.79 Å². The number of ether oxygens (including phenoxy) is 1. The molecule has 1 aliphatic carbocycles. The van der Waals surface area contributed by atoms with Gasteiger partial charge in [0.15, 0.2) is 0 Å². The average molecular weight is 262 g/mol. The molecule has 2 rings (SSSR count). The molecule has 0 aromatic heterocycles. The van der Waals surface area contributed by atoms with Gasteiger partial charge < -0.3 is 15.8 Å². The van der Waals surface area contributed by atoms with Crippen molar-refractivity contribution in [2.45, 2.75) is 31.1 Å². The van der Waals surface area contributed by atoms with E-state index in [0.717, 1.165) is 37.0 Å². The van der Waals surface area contributed by atoms with Gasteiger partial charge in [0, 0.05) is 13.1 Å². The molecule has 4 nitrogen and oxygen atoms in total. The highest BCUT2D eigenvalue weighted by molar-refractivity contribution is 5.88. The highest BCUT2D eigenvalue weighted by Crippen LogP contribution is 2.42. The number of carbonyl (C=O) groups excluding carboxylic acids is 1. The number of benzene rings is 1. The van der Waals surface area contributed by atoms with E-state index in [1.54, 1.807) is 7.11 Å². The molecule has 1 saturated carbocycles. The summed E-state index contributed by atoms with van der Waals surface area (Å²) in [6, 6.07) is 7.86. The summed E-state index contributed by atoms with van der Waals surface area (Å²) in [6.07, 6.45) is 3.98. The number of rotatable bonds is 5. The summed E-state index contributed by atoms with van der Waals surface area (Å²) in [5.41, 5.74) is 6.12. The van der Waals surface area contributed by atoms with Gasteiger partial charge in [0.2, 0.25) is 5.91 Å². The van der Waals surface area contributed by atoms with Crippen LogP contribution in [0, 0.1) is 0 Å². The summed E-state index contributed by atoms with van der Waals surface area (Å²) in [7, 11) is 1.65. The van der Waals surface area contributed by atoms with Crippen molar-refractivity contribution in [2.24, 2.45) is 5.73 Å². The van der Waals surface area contributed by atoms with Crippen molar-refractivity contribution in [3.05, 3.63) is 29.8 Å². The van der Waals surface area contributed by atoms with Crippen molar-refractivity contribution >= 4 is 5.91 Å². The molecule has 0 bridgehead atoms. The zero-order valence-corrected chi connectivity index (χ0v) is 11.4. The Balaban J connectivity index is 2.30. The molecule has 0 spiro atoms. The summed E-state index contributed by atoms with van der Waals surface area (Å²) in [5, 5.41) is 2.95. The Morgan fingerprint density at radius 3 is 2.79 bits per heavy atom. The van der Waals surface area contributed by atoms with Gasteiger partial charge in [0.05, 0.1) is 12.5 Å². The van der Waals surface area contributed by atoms with Crippen LogP contribution in [0.1, 0.15) is 31.2 Å². The van der Waals surface area contributed by atoms with Crippen LogP contribution in [0.5, 0.6) is 5.75 Å². The number of hydrogen-bond acceptors (Lipinski definition) is 3. The molecule has 104 valence electrons. The third-order valence-corrected chi connectivity index (χ3v) is 3.94. The van der Waals surface area contributed by atoms with Crippen LogP contribution in [0.4, 0.5) is 0 Å². The van der Waals surface area contributed by atoms with Crippen LogP contribution in [0.15, 0.2) is 24.3 Å². The molecule has 19 heavy (non-hydrogen) atoms. The Kier molecular flexibility index (Phi) is 4.43. The van der Waals surface area contributed by atoms with Gasteiger partial charge >= 0.3 is 0 Å². The largest absolute Gasteiger partial charge is 0.497 e. The average Bonchev–Trinajstić information content (AvgIpc) is 2.95. The first kappa shape index (κ1) is 13.9. The molecule has 0 atom stereocenters. The van der Waals surface area contributed by atoms with E-state index in [2.05, 4.69) is 5.32 Å². The van der Waals surface area contributed by atoms with Gasteiger partial charge in [-0.15, -0.1) is 0 Å². The zero-order chi connectivity index (χ0) is 13.7. The number of hydrogen-bond donors (Lipinski definition) is 2. The zero-order valence-electron chi connectivity index (χ0n) is 11.4. The van der Waals surface area contributed by atoms with E-state index >= 15 is 0 Å². The molecule has 0 radical (unpaired) electrons. The summed E-state index contributed by atoms with van der Waals surface area (Å²) in [4.78, 5) is 12.5. The maximum Gasteiger partial charge on any atom is 0.230 e. The lowest BCUT2D eigenvalue weighted by molar-refractivity contribution is -0.126. The normalized spacial score (nSPS) is 17.2. The molecule has 0 heterocycles. The van der Waals surface area contributed by atoms with Crippen LogP contribution in [-0.2, 0) is 10.2 Å². The predicted octanol–water partition coefficient (Wildman–Crippen LogP) is 1.58. The van der Waals surface area contributed by atoms with Crippen molar-refractivity contribution in [1.82, 2.24) is 5.32 Å². The van der Waals surface area contributed by atoms with E-state index in [1.165, 1.54) is 0 Å². The Morgan fingerprint density at radius 1 is 1.42 bits per heavy atom. The van der Waals surface area contributed by atoms with Gasteiger partial charge in [-0.25, -0.2) is 0 Å². The molecule has 1 amide bonds. The van der Waals surface area contributed by atoms with Crippen LogP contribution in [-0.4, -0.2) is 26.1 Å². The van der Waals surface area contributed by atoms with Crippen molar-refractivity contribution < 1.29 is 9.53 Å². The molecule has 1 aromatic rings. The lowest BCUT2D eigenvalue weighted by atomic mass is 9.78. The van der Waals surface area contributed by atoms with Crippen molar-refractivity contribution in [2.75, 3.05) is 20.2 Å². The van der Waals surface area contributed by atoms with E-state index < -0.39 is 5.41 Å². The van der Waals surface area contributed by atoms with E-state index in [1.807, 2.05) is 24.3 Å². The summed E-state index contributed by atoms with van der Waals surface area (Å²) < 4.78 is 5.27. The van der Waals surface area contributed by atoms with Gasteiger partial charge in [-0.05, 0) is 30.5 Å². The van der Waals surface area contributed by atoms with Crippen molar-refractivity contribution in [3.8, 4) is 5.75 Å². The van der Waals surface area contributed by atoms with Crippen LogP contribution in [0.25, 0.3) is 0 Å². The first-order valence-corrected chi connectivity index (χ1v) is 6.86. The predicted molar refractivity (Wildman–Crippen MR) is 75.2 cm³/mol. The lowest BCUT2D eigenvalue weighted by Gasteiger charge is -2.28. The van der Waals surface area contributed by atoms with E-state index in [0.29, 0.717) is 13.1 Å². The maximum absolute atomic E-state index is 12.5. The molecular formula is C15H22N2O2. The molecule has 1 fully saturated rings. The van der Waals surface area contributed by atoms with E-state index in [-0.39, 0.29) is 5.91 Å². The summed E-state index contributed by atoms with van der Waals surface area (Å²) in [6.45, 7) is 1.00. The van der Waals surface area contributed by atoms with Gasteiger partial charge in [0.1, 0.15) is 5.75 Å². The quantitative estimate of drug-likeness (QED) is 0.847. The Bertz CT molecular complexity index is 440. The number of carbonyl (C=O) groups is 1. The van der Waals surface area contributed by atoms with E-state index in [4.69, 9.17) is 10.5 Å². The van der Waals surface area contributed by atoms with Crippen LogP contribution in [0.3, 0.4) is 0 Å². The van der Waals surface area contributed by atoms with Crippen molar-refractivity contribution in [1.29, 1.82) is 0 Å². The summed E-state index contributed by atoms with van der Waals surface area (Å²) >= 11 is 0. The first-order valence-electron chi connectivity index (χ1n) is 6.86. The fraction of sp³-hybridized carbons (Fsp3) is 0.533. The maximum atomic E-state index is 12.5. The molecular weight excluding hydrogens is 240 g/mol. The molecule has 0 aliphatic heterocycles. The third-order valence-electron chi connectivity index (χ3n) is 3.94. The highest BCUT2D eigenvalue weighted by atomic mass is 16.5. The fourth-order valence-corrected chi connectivity index (χ4v) is 2.90. The Labute approximate surface area is 114 Å². The standard InChI is InChI=1S/C15H22N2O2/c1-19-13-6-4-5-12(11-13)15(7-2-3-8-15)14(18)17-10-9-16/h4-6,11H,2-3,7-10,16H2,1H3,(H,17,18). The van der Waals surface area contributed by atoms with Gasteiger partial charge in [-0.3, -0.25) is 4.79 Å². The minimum absolute atomic E-state index is 0.101. The van der Waals surface area contributed by atoms with Crippen LogP contribution < -0.4 is 15.8 Å². The number of nitrogens with two attached hydrogens (primary N) is 1. The molecule has 3 N–H and O–H groups in total. The van der Waals surface area contributed by atoms with Crippen molar-refractivity contribution in [3.63, 3.8) is 0 Å². The second kappa shape index (κ2) is 6.06. The minimum atomic E-state index is -0.399. The lowest BCUT2D eigenvalue weighted by Crippen LogP contribution is -2.44. The third kappa shape index (κ3) is 2.73. The fourth-order valence-electron chi connectivity index (χ4n) is 2.90. The molecule has 0 unspecified atom stereocenters. The Hall–Kier alpha value is -1.55. The SMILES string of the molecule is COc1cccc(C2(C(=O)NCCN)CCCC2)c1. The topological polar surface area (TPSA) is 64.3 Å². The van der Waals surface area contributed by atoms with Gasteiger partial charge in [-0.1, -0.05) is 25.0 Å². The number of amides is 1. The first-order chi connectivity index (χ1) is 9.23. The van der Waals surface area contributed by atoms with Gasteiger partial charge in [-0.2, -0.15) is 0 Å². The molecule has 0 saturated heterocycles. The monoisotopic (exact) mass is 262 g/mol. The highest BCUT2D eigenvalue weighted by Gasteiger charge is 2.42. The van der Waals surface area contributed by atoms with Crippen LogP contribution >= 0.6 is 0 Å².